The maximum atomic E-state index is 12.5. The topological polar surface area (TPSA) is 70.9 Å². The number of amides is 1. The zero-order chi connectivity index (χ0) is 16.7. The summed E-state index contributed by atoms with van der Waals surface area (Å²) < 4.78 is 0. The second kappa shape index (κ2) is 5.71. The molecule has 0 fully saturated rings. The predicted octanol–water partition coefficient (Wildman–Crippen LogP) is 3.73. The molecule has 0 radical (unpaired) electrons. The lowest BCUT2D eigenvalue weighted by atomic mass is 10.0. The highest BCUT2D eigenvalue weighted by molar-refractivity contribution is 5.97. The van der Waals surface area contributed by atoms with Crippen LogP contribution in [-0.2, 0) is 24.1 Å². The van der Waals surface area contributed by atoms with Crippen molar-refractivity contribution in [2.24, 2.45) is 0 Å². The van der Waals surface area contributed by atoms with Crippen LogP contribution in [0.2, 0.25) is 0 Å². The standard InChI is InChI=1S/C20H21N3O/c1-12-17(11-20(24)23-16-7-3-6-15(21)10-16)18-8-13-4-2-5-14(13)9-19(18)22-12/h3,6-10,22H,2,4-5,11,21H2,1H3,(H,23,24). The molecule has 4 heteroatoms. The normalized spacial score (nSPS) is 13.2. The van der Waals surface area contributed by atoms with Crippen molar-refractivity contribution in [2.75, 3.05) is 11.1 Å². The predicted molar refractivity (Wildman–Crippen MR) is 98.2 cm³/mol. The van der Waals surface area contributed by atoms with Crippen LogP contribution in [0.1, 0.15) is 28.8 Å². The van der Waals surface area contributed by atoms with Gasteiger partial charge in [0.1, 0.15) is 0 Å². The summed E-state index contributed by atoms with van der Waals surface area (Å²) in [7, 11) is 0. The smallest absolute Gasteiger partial charge is 0.228 e. The number of benzene rings is 2. The molecule has 4 N–H and O–H groups in total. The third-order valence-electron chi connectivity index (χ3n) is 4.84. The van der Waals surface area contributed by atoms with Gasteiger partial charge < -0.3 is 16.0 Å². The van der Waals surface area contributed by atoms with E-state index in [1.807, 2.05) is 19.1 Å². The Morgan fingerprint density at radius 2 is 2.00 bits per heavy atom. The van der Waals surface area contributed by atoms with Crippen LogP contribution in [0.25, 0.3) is 10.9 Å². The number of fused-ring (bicyclic) bond motifs is 2. The molecule has 24 heavy (non-hydrogen) atoms. The Morgan fingerprint density at radius 3 is 2.79 bits per heavy atom. The molecular weight excluding hydrogens is 298 g/mol. The molecule has 0 saturated carbocycles. The summed E-state index contributed by atoms with van der Waals surface area (Å²) >= 11 is 0. The second-order valence-electron chi connectivity index (χ2n) is 6.60. The summed E-state index contributed by atoms with van der Waals surface area (Å²) in [6.45, 7) is 2.04. The van der Waals surface area contributed by atoms with E-state index in [1.165, 1.54) is 22.9 Å². The molecule has 1 amide bonds. The Kier molecular flexibility index (Phi) is 3.53. The van der Waals surface area contributed by atoms with E-state index in [-0.39, 0.29) is 5.91 Å². The van der Waals surface area contributed by atoms with Crippen LogP contribution in [0.15, 0.2) is 36.4 Å². The van der Waals surface area contributed by atoms with Gasteiger partial charge in [-0.25, -0.2) is 0 Å². The molecule has 0 atom stereocenters. The van der Waals surface area contributed by atoms with Crippen LogP contribution < -0.4 is 11.1 Å². The summed E-state index contributed by atoms with van der Waals surface area (Å²) in [5.41, 5.74) is 13.3. The number of nitrogens with two attached hydrogens (primary N) is 1. The van der Waals surface area contributed by atoms with Gasteiger partial charge >= 0.3 is 0 Å². The first kappa shape index (κ1) is 14.8. The van der Waals surface area contributed by atoms with Gasteiger partial charge in [-0.2, -0.15) is 0 Å². The number of carbonyl (C=O) groups excluding carboxylic acids is 1. The summed E-state index contributed by atoms with van der Waals surface area (Å²) in [4.78, 5) is 15.9. The number of aromatic amines is 1. The minimum absolute atomic E-state index is 0.0231. The lowest BCUT2D eigenvalue weighted by Gasteiger charge is -2.07. The zero-order valence-electron chi connectivity index (χ0n) is 13.8. The van der Waals surface area contributed by atoms with Crippen LogP contribution in [0, 0.1) is 6.92 Å². The van der Waals surface area contributed by atoms with Gasteiger partial charge in [-0.05, 0) is 73.2 Å². The average Bonchev–Trinajstić information content (AvgIpc) is 3.09. The van der Waals surface area contributed by atoms with Crippen molar-refractivity contribution < 1.29 is 4.79 Å². The first-order valence-electron chi connectivity index (χ1n) is 8.38. The van der Waals surface area contributed by atoms with Gasteiger partial charge in [0, 0.05) is 28.0 Å². The Morgan fingerprint density at radius 1 is 1.21 bits per heavy atom. The fourth-order valence-corrected chi connectivity index (χ4v) is 3.67. The van der Waals surface area contributed by atoms with Crippen LogP contribution in [0.4, 0.5) is 11.4 Å². The summed E-state index contributed by atoms with van der Waals surface area (Å²) in [5.74, 6) is -0.0231. The van der Waals surface area contributed by atoms with E-state index >= 15 is 0 Å². The van der Waals surface area contributed by atoms with E-state index < -0.39 is 0 Å². The van der Waals surface area contributed by atoms with E-state index in [4.69, 9.17) is 5.73 Å². The maximum absolute atomic E-state index is 12.5. The van der Waals surface area contributed by atoms with Crippen molar-refractivity contribution in [3.05, 3.63) is 58.8 Å². The molecule has 0 aliphatic heterocycles. The van der Waals surface area contributed by atoms with Gasteiger partial charge in [0.25, 0.3) is 0 Å². The summed E-state index contributed by atoms with van der Waals surface area (Å²) in [6.07, 6.45) is 3.89. The lowest BCUT2D eigenvalue weighted by molar-refractivity contribution is -0.115. The molecule has 0 spiro atoms. The molecule has 3 aromatic rings. The number of aryl methyl sites for hydroxylation is 3. The number of rotatable bonds is 3. The number of hydrogen-bond acceptors (Lipinski definition) is 2. The number of nitrogen functional groups attached to an aromatic ring is 1. The maximum Gasteiger partial charge on any atom is 0.228 e. The minimum atomic E-state index is -0.0231. The van der Waals surface area contributed by atoms with Crippen LogP contribution in [0.5, 0.6) is 0 Å². The van der Waals surface area contributed by atoms with E-state index in [0.717, 1.165) is 35.3 Å². The molecule has 2 aromatic carbocycles. The molecule has 122 valence electrons. The number of hydrogen-bond donors (Lipinski definition) is 3. The second-order valence-corrected chi connectivity index (χ2v) is 6.60. The van der Waals surface area contributed by atoms with Gasteiger partial charge in [0.15, 0.2) is 0 Å². The Labute approximate surface area is 141 Å². The number of nitrogens with one attached hydrogen (secondary N) is 2. The molecule has 4 nitrogen and oxygen atoms in total. The average molecular weight is 319 g/mol. The van der Waals surface area contributed by atoms with Crippen molar-refractivity contribution in [1.82, 2.24) is 4.98 Å². The van der Waals surface area contributed by atoms with Gasteiger partial charge in [0.05, 0.1) is 6.42 Å². The highest BCUT2D eigenvalue weighted by Crippen LogP contribution is 2.30. The van der Waals surface area contributed by atoms with Gasteiger partial charge in [0.2, 0.25) is 5.91 Å². The third-order valence-corrected chi connectivity index (χ3v) is 4.84. The van der Waals surface area contributed by atoms with Crippen molar-refractivity contribution in [3.8, 4) is 0 Å². The van der Waals surface area contributed by atoms with Gasteiger partial charge in [-0.1, -0.05) is 6.07 Å². The molecular formula is C20H21N3O. The first-order valence-corrected chi connectivity index (χ1v) is 8.38. The van der Waals surface area contributed by atoms with Crippen LogP contribution >= 0.6 is 0 Å². The Hall–Kier alpha value is -2.75. The lowest BCUT2D eigenvalue weighted by Crippen LogP contribution is -2.14. The molecule has 1 aromatic heterocycles. The molecule has 1 aliphatic carbocycles. The van der Waals surface area contributed by atoms with Crippen molar-refractivity contribution in [2.45, 2.75) is 32.6 Å². The van der Waals surface area contributed by atoms with Crippen LogP contribution in [0.3, 0.4) is 0 Å². The number of H-pyrrole nitrogens is 1. The molecule has 4 rings (SSSR count). The largest absolute Gasteiger partial charge is 0.399 e. The molecule has 1 aliphatic rings. The highest BCUT2D eigenvalue weighted by atomic mass is 16.1. The Bertz CT molecular complexity index is 939. The van der Waals surface area contributed by atoms with E-state index in [2.05, 4.69) is 22.4 Å². The van der Waals surface area contributed by atoms with Crippen LogP contribution in [-0.4, -0.2) is 10.9 Å². The first-order chi connectivity index (χ1) is 11.6. The van der Waals surface area contributed by atoms with Crippen molar-refractivity contribution in [1.29, 1.82) is 0 Å². The van der Waals surface area contributed by atoms with Gasteiger partial charge in [-0.3, -0.25) is 4.79 Å². The number of carbonyl (C=O) groups is 1. The zero-order valence-corrected chi connectivity index (χ0v) is 13.8. The SMILES string of the molecule is Cc1[nH]c2cc3c(cc2c1CC(=O)Nc1cccc(N)c1)CCC3. The van der Waals surface area contributed by atoms with E-state index in [1.54, 1.807) is 12.1 Å². The fraction of sp³-hybridized carbons (Fsp3) is 0.250. The third kappa shape index (κ3) is 2.64. The Balaban J connectivity index is 1.62. The number of aromatic nitrogens is 1. The molecule has 0 unspecified atom stereocenters. The monoisotopic (exact) mass is 319 g/mol. The molecule has 1 heterocycles. The molecule has 0 saturated heterocycles. The fourth-order valence-electron chi connectivity index (χ4n) is 3.67. The minimum Gasteiger partial charge on any atom is -0.399 e. The molecule has 0 bridgehead atoms. The van der Waals surface area contributed by atoms with Crippen molar-refractivity contribution >= 4 is 28.2 Å². The number of anilines is 2. The quantitative estimate of drug-likeness (QED) is 0.644. The van der Waals surface area contributed by atoms with Gasteiger partial charge in [-0.15, -0.1) is 0 Å². The highest BCUT2D eigenvalue weighted by Gasteiger charge is 2.17. The van der Waals surface area contributed by atoms with Crippen molar-refractivity contribution in [3.63, 3.8) is 0 Å². The van der Waals surface area contributed by atoms with E-state index in [9.17, 15) is 4.79 Å². The van der Waals surface area contributed by atoms with E-state index in [0.29, 0.717) is 12.1 Å². The summed E-state index contributed by atoms with van der Waals surface area (Å²) in [6, 6.07) is 11.8. The summed E-state index contributed by atoms with van der Waals surface area (Å²) in [5, 5.41) is 4.11.